The van der Waals surface area contributed by atoms with E-state index in [0.29, 0.717) is 0 Å². The first-order chi connectivity index (χ1) is 12.1. The van der Waals surface area contributed by atoms with Gasteiger partial charge in [0.05, 0.1) is 5.56 Å². The maximum atomic E-state index is 13.0. The fourth-order valence-electron chi connectivity index (χ4n) is 2.65. The summed E-state index contributed by atoms with van der Waals surface area (Å²) in [7, 11) is 0. The van der Waals surface area contributed by atoms with Gasteiger partial charge in [-0.15, -0.1) is 0 Å². The Labute approximate surface area is 151 Å². The molecule has 26 heavy (non-hydrogen) atoms. The molecule has 2 aromatic carbocycles. The van der Waals surface area contributed by atoms with Crippen LogP contribution in [0.25, 0.3) is 0 Å². The van der Waals surface area contributed by atoms with Gasteiger partial charge in [-0.05, 0) is 29.2 Å². The first-order valence-corrected chi connectivity index (χ1v) is 8.38. The molecule has 0 aliphatic carbocycles. The van der Waals surface area contributed by atoms with Gasteiger partial charge in [0, 0.05) is 24.3 Å². The lowest BCUT2D eigenvalue weighted by atomic mass is 9.86. The molecule has 0 aliphatic rings. The molecule has 2 rings (SSSR count). The van der Waals surface area contributed by atoms with Crippen LogP contribution in [0.1, 0.15) is 38.3 Å². The second-order valence-corrected chi connectivity index (χ2v) is 7.06. The maximum absolute atomic E-state index is 13.0. The molecule has 0 spiro atoms. The number of alkyl halides is 3. The minimum Gasteiger partial charge on any atom is -0.384 e. The summed E-state index contributed by atoms with van der Waals surface area (Å²) in [6.45, 7) is 6.26. The molecule has 6 heteroatoms. The van der Waals surface area contributed by atoms with Crippen molar-refractivity contribution in [1.29, 1.82) is 0 Å². The average molecular weight is 364 g/mol. The van der Waals surface area contributed by atoms with Crippen molar-refractivity contribution in [3.05, 3.63) is 59.7 Å². The second-order valence-electron chi connectivity index (χ2n) is 7.06. The zero-order valence-corrected chi connectivity index (χ0v) is 15.1. The van der Waals surface area contributed by atoms with Gasteiger partial charge >= 0.3 is 6.18 Å². The highest BCUT2D eigenvalue weighted by molar-refractivity contribution is 5.92. The predicted molar refractivity (Wildman–Crippen MR) is 98.3 cm³/mol. The minimum absolute atomic E-state index is 0.0251. The fourth-order valence-corrected chi connectivity index (χ4v) is 2.65. The Morgan fingerprint density at radius 2 is 1.42 bits per heavy atom. The summed E-state index contributed by atoms with van der Waals surface area (Å²) in [5.41, 5.74) is 0.833. The van der Waals surface area contributed by atoms with Crippen LogP contribution >= 0.6 is 0 Å². The number of halogens is 3. The number of rotatable bonds is 5. The molecule has 3 nitrogen and oxygen atoms in total. The molecule has 0 heterocycles. The van der Waals surface area contributed by atoms with Crippen LogP contribution < -0.4 is 10.6 Å². The zero-order valence-electron chi connectivity index (χ0n) is 15.1. The molecule has 140 valence electrons. The highest BCUT2D eigenvalue weighted by Gasteiger charge is 2.33. The Bertz CT molecular complexity index is 764. The quantitative estimate of drug-likeness (QED) is 0.741. The molecule has 0 unspecified atom stereocenters. The van der Waals surface area contributed by atoms with E-state index in [0.717, 1.165) is 17.3 Å². The summed E-state index contributed by atoms with van der Waals surface area (Å²) >= 11 is 0. The van der Waals surface area contributed by atoms with E-state index in [1.54, 1.807) is 0 Å². The normalized spacial score (nSPS) is 11.9. The van der Waals surface area contributed by atoms with Gasteiger partial charge in [0.2, 0.25) is 5.91 Å². The maximum Gasteiger partial charge on any atom is 0.418 e. The van der Waals surface area contributed by atoms with Crippen molar-refractivity contribution < 1.29 is 18.0 Å². The smallest absolute Gasteiger partial charge is 0.384 e. The largest absolute Gasteiger partial charge is 0.418 e. The molecule has 0 saturated heterocycles. The van der Waals surface area contributed by atoms with E-state index in [9.17, 15) is 18.0 Å². The Kier molecular flexibility index (Phi) is 5.95. The Morgan fingerprint density at radius 3 is 2.00 bits per heavy atom. The van der Waals surface area contributed by atoms with Gasteiger partial charge in [-0.2, -0.15) is 13.2 Å². The van der Waals surface area contributed by atoms with Crippen molar-refractivity contribution in [2.75, 3.05) is 17.2 Å². The van der Waals surface area contributed by atoms with Gasteiger partial charge in [0.25, 0.3) is 0 Å². The number of hydrogen-bond acceptors (Lipinski definition) is 2. The lowest BCUT2D eigenvalue weighted by molar-refractivity contribution is -0.137. The van der Waals surface area contributed by atoms with Crippen molar-refractivity contribution in [1.82, 2.24) is 0 Å². The van der Waals surface area contributed by atoms with Gasteiger partial charge in [0.15, 0.2) is 0 Å². The number of hydrogen-bond donors (Lipinski definition) is 2. The standard InChI is InChI=1S/C20H23F3N2O/c1-19(2,3)14-8-4-7-11-17(14)25-18(26)12-13-24-16-10-6-5-9-15(16)20(21,22)23/h4-11,24H,12-13H2,1-3H3,(H,25,26). The first kappa shape index (κ1) is 19.8. The number of carbonyl (C=O) groups excluding carboxylic acids is 1. The van der Waals surface area contributed by atoms with Crippen LogP contribution in [0.5, 0.6) is 0 Å². The molecule has 0 radical (unpaired) electrons. The summed E-state index contributed by atoms with van der Waals surface area (Å²) in [5, 5.41) is 5.55. The van der Waals surface area contributed by atoms with Gasteiger partial charge in [-0.1, -0.05) is 51.1 Å². The van der Waals surface area contributed by atoms with Gasteiger partial charge in [-0.3, -0.25) is 4.79 Å². The molecule has 0 aromatic heterocycles. The van der Waals surface area contributed by atoms with Crippen molar-refractivity contribution in [3.63, 3.8) is 0 Å². The molecule has 0 aliphatic heterocycles. The third kappa shape index (κ3) is 5.25. The minimum atomic E-state index is -4.43. The van der Waals surface area contributed by atoms with E-state index in [1.807, 2.05) is 45.0 Å². The van der Waals surface area contributed by atoms with E-state index >= 15 is 0 Å². The number of para-hydroxylation sites is 2. The molecule has 2 N–H and O–H groups in total. The Morgan fingerprint density at radius 1 is 0.885 bits per heavy atom. The highest BCUT2D eigenvalue weighted by atomic mass is 19.4. The van der Waals surface area contributed by atoms with E-state index in [-0.39, 0.29) is 30.0 Å². The third-order valence-corrected chi connectivity index (χ3v) is 3.91. The van der Waals surface area contributed by atoms with E-state index in [1.165, 1.54) is 18.2 Å². The molecule has 0 bridgehead atoms. The third-order valence-electron chi connectivity index (χ3n) is 3.91. The first-order valence-electron chi connectivity index (χ1n) is 8.38. The van der Waals surface area contributed by atoms with Crippen LogP contribution in [0.3, 0.4) is 0 Å². The fraction of sp³-hybridized carbons (Fsp3) is 0.350. The van der Waals surface area contributed by atoms with Gasteiger partial charge < -0.3 is 10.6 Å². The second kappa shape index (κ2) is 7.81. The summed E-state index contributed by atoms with van der Waals surface area (Å²) in [6, 6.07) is 12.8. The molecule has 1 amide bonds. The van der Waals surface area contributed by atoms with Crippen molar-refractivity contribution in [2.45, 2.75) is 38.8 Å². The molecule has 0 saturated carbocycles. The summed E-state index contributed by atoms with van der Waals surface area (Å²) in [5.74, 6) is -0.251. The van der Waals surface area contributed by atoms with Gasteiger partial charge in [0.1, 0.15) is 0 Å². The summed E-state index contributed by atoms with van der Waals surface area (Å²) in [6.07, 6.45) is -4.37. The zero-order chi connectivity index (χ0) is 19.4. The molecule has 0 atom stereocenters. The number of nitrogens with one attached hydrogen (secondary N) is 2. The highest BCUT2D eigenvalue weighted by Crippen LogP contribution is 2.34. The summed E-state index contributed by atoms with van der Waals surface area (Å²) in [4.78, 5) is 12.2. The van der Waals surface area contributed by atoms with Crippen LogP contribution in [-0.4, -0.2) is 12.5 Å². The van der Waals surface area contributed by atoms with Gasteiger partial charge in [-0.25, -0.2) is 0 Å². The SMILES string of the molecule is CC(C)(C)c1ccccc1NC(=O)CCNc1ccccc1C(F)(F)F. The van der Waals surface area contributed by atoms with Crippen LogP contribution in [-0.2, 0) is 16.4 Å². The average Bonchev–Trinajstić information content (AvgIpc) is 2.54. The molecular formula is C20H23F3N2O. The monoisotopic (exact) mass is 364 g/mol. The predicted octanol–water partition coefficient (Wildman–Crippen LogP) is 5.44. The molecular weight excluding hydrogens is 341 g/mol. The lowest BCUT2D eigenvalue weighted by Gasteiger charge is -2.23. The molecule has 2 aromatic rings. The van der Waals surface area contributed by atoms with Crippen molar-refractivity contribution in [2.24, 2.45) is 0 Å². The number of anilines is 2. The van der Waals surface area contributed by atoms with Crippen LogP contribution in [0.4, 0.5) is 24.5 Å². The Balaban J connectivity index is 1.98. The number of carbonyl (C=O) groups is 1. The summed E-state index contributed by atoms with van der Waals surface area (Å²) < 4.78 is 38.9. The van der Waals surface area contributed by atoms with Crippen LogP contribution in [0.15, 0.2) is 48.5 Å². The lowest BCUT2D eigenvalue weighted by Crippen LogP contribution is -2.21. The van der Waals surface area contributed by atoms with Crippen LogP contribution in [0.2, 0.25) is 0 Å². The van der Waals surface area contributed by atoms with Crippen LogP contribution in [0, 0.1) is 0 Å². The van der Waals surface area contributed by atoms with Crippen molar-refractivity contribution >= 4 is 17.3 Å². The van der Waals surface area contributed by atoms with Crippen molar-refractivity contribution in [3.8, 4) is 0 Å². The molecule has 0 fully saturated rings. The topological polar surface area (TPSA) is 41.1 Å². The Hall–Kier alpha value is -2.50. The van der Waals surface area contributed by atoms with E-state index < -0.39 is 11.7 Å². The number of amides is 1. The van der Waals surface area contributed by atoms with E-state index in [2.05, 4.69) is 10.6 Å². The van der Waals surface area contributed by atoms with E-state index in [4.69, 9.17) is 0 Å². The number of benzene rings is 2.